The minimum Gasteiger partial charge on any atom is -0.393 e. The summed E-state index contributed by atoms with van der Waals surface area (Å²) in [6.45, 7) is 4.01. The lowest BCUT2D eigenvalue weighted by Gasteiger charge is -2.63. The molecule has 4 N–H and O–H groups in total. The third kappa shape index (κ3) is 2.41. The van der Waals surface area contributed by atoms with Crippen molar-refractivity contribution < 1.29 is 20.1 Å². The summed E-state index contributed by atoms with van der Waals surface area (Å²) in [6, 6.07) is 3.22. The summed E-state index contributed by atoms with van der Waals surface area (Å²) in [7, 11) is 0. The summed E-state index contributed by atoms with van der Waals surface area (Å²) in [5.74, 6) is -0.623. The van der Waals surface area contributed by atoms with Crippen molar-refractivity contribution in [3.05, 3.63) is 34.2 Å². The first-order valence-corrected chi connectivity index (χ1v) is 11.4. The molecule has 0 radical (unpaired) electrons. The fourth-order valence-corrected chi connectivity index (χ4v) is 8.16. The highest BCUT2D eigenvalue weighted by Crippen LogP contribution is 2.69. The molecule has 164 valence electrons. The van der Waals surface area contributed by atoms with Gasteiger partial charge in [-0.1, -0.05) is 19.9 Å². The Labute approximate surface area is 176 Å². The van der Waals surface area contributed by atoms with E-state index in [0.717, 1.165) is 24.8 Å². The lowest BCUT2D eigenvalue weighted by Crippen LogP contribution is -2.70. The Balaban J connectivity index is 1.58. The zero-order chi connectivity index (χ0) is 21.5. The highest BCUT2D eigenvalue weighted by atomic mass is 16.3. The molecule has 4 saturated carbocycles. The molecule has 0 saturated heterocycles. The van der Waals surface area contributed by atoms with Gasteiger partial charge in [0.05, 0.1) is 11.7 Å². The molecule has 0 aliphatic heterocycles. The zero-order valence-corrected chi connectivity index (χ0v) is 17.8. The van der Waals surface area contributed by atoms with Crippen LogP contribution in [0.2, 0.25) is 0 Å². The second-order valence-corrected chi connectivity index (χ2v) is 10.9. The molecule has 9 atom stereocenters. The largest absolute Gasteiger partial charge is 0.393 e. The zero-order valence-electron chi connectivity index (χ0n) is 17.8. The van der Waals surface area contributed by atoms with Crippen molar-refractivity contribution >= 4 is 5.78 Å². The van der Waals surface area contributed by atoms with E-state index in [-0.39, 0.29) is 46.5 Å². The fourth-order valence-electron chi connectivity index (χ4n) is 8.16. The summed E-state index contributed by atoms with van der Waals surface area (Å²) in [6.07, 6.45) is 5.11. The van der Waals surface area contributed by atoms with Crippen LogP contribution >= 0.6 is 0 Å². The average molecular weight is 416 g/mol. The van der Waals surface area contributed by atoms with E-state index in [1.54, 1.807) is 12.3 Å². The van der Waals surface area contributed by atoms with Gasteiger partial charge in [0.2, 0.25) is 5.56 Å². The van der Waals surface area contributed by atoms with Crippen LogP contribution in [0.1, 0.15) is 70.3 Å². The first-order valence-electron chi connectivity index (χ1n) is 11.4. The summed E-state index contributed by atoms with van der Waals surface area (Å²) < 4.78 is 0. The van der Waals surface area contributed by atoms with Crippen LogP contribution in [0.4, 0.5) is 0 Å². The highest BCUT2D eigenvalue weighted by Gasteiger charge is 2.73. The van der Waals surface area contributed by atoms with Crippen LogP contribution in [0.5, 0.6) is 0 Å². The van der Waals surface area contributed by atoms with Crippen LogP contribution in [0.15, 0.2) is 23.1 Å². The van der Waals surface area contributed by atoms with Crippen molar-refractivity contribution in [2.75, 3.05) is 0 Å². The topological polar surface area (TPSA) is 111 Å². The summed E-state index contributed by atoms with van der Waals surface area (Å²) in [5, 5.41) is 33.8. The molecule has 30 heavy (non-hydrogen) atoms. The van der Waals surface area contributed by atoms with Crippen molar-refractivity contribution in [2.45, 2.75) is 82.5 Å². The molecule has 3 unspecified atom stereocenters. The minimum atomic E-state index is -1.24. The minimum absolute atomic E-state index is 0.132. The number of hydrogen-bond acceptors (Lipinski definition) is 5. The Morgan fingerprint density at radius 3 is 2.50 bits per heavy atom. The van der Waals surface area contributed by atoms with Crippen molar-refractivity contribution in [1.82, 2.24) is 4.98 Å². The molecule has 4 aliphatic carbocycles. The van der Waals surface area contributed by atoms with Gasteiger partial charge in [0.15, 0.2) is 5.78 Å². The number of H-pyrrole nitrogens is 1. The maximum absolute atomic E-state index is 13.7. The Morgan fingerprint density at radius 2 is 1.80 bits per heavy atom. The Morgan fingerprint density at radius 1 is 1.03 bits per heavy atom. The van der Waals surface area contributed by atoms with Gasteiger partial charge in [-0.15, -0.1) is 0 Å². The van der Waals surface area contributed by atoms with Gasteiger partial charge in [-0.05, 0) is 73.7 Å². The highest BCUT2D eigenvalue weighted by molar-refractivity contribution is 5.89. The number of rotatable bonds is 1. The van der Waals surface area contributed by atoms with Crippen LogP contribution in [0.25, 0.3) is 0 Å². The third-order valence-electron chi connectivity index (χ3n) is 9.88. The van der Waals surface area contributed by atoms with Gasteiger partial charge in [0.25, 0.3) is 0 Å². The van der Waals surface area contributed by atoms with E-state index >= 15 is 0 Å². The van der Waals surface area contributed by atoms with Crippen LogP contribution < -0.4 is 5.56 Å². The molecule has 0 aromatic carbocycles. The number of fused-ring (bicyclic) bond motifs is 5. The third-order valence-corrected chi connectivity index (χ3v) is 9.88. The molecule has 6 nitrogen and oxygen atoms in total. The van der Waals surface area contributed by atoms with Gasteiger partial charge in [-0.2, -0.15) is 0 Å². The number of nitrogens with one attached hydrogen (secondary N) is 1. The number of pyridine rings is 1. The van der Waals surface area contributed by atoms with Gasteiger partial charge in [-0.3, -0.25) is 9.59 Å². The summed E-state index contributed by atoms with van der Waals surface area (Å²) >= 11 is 0. The molecule has 0 spiro atoms. The van der Waals surface area contributed by atoms with Crippen LogP contribution in [-0.4, -0.2) is 43.9 Å². The standard InChI is InChI=1S/C24H33NO5/c1-22-9-7-15(26)11-14(22)4-5-17-19(22)20(28)21(29)23(2)16(8-10-24(17,23)30)13-3-6-18(27)25-12-13/h3,6,12,14-17,19,21,26,29-30H,4-5,7-11H2,1-2H3,(H,25,27)/t14?,15-,16+,17?,19?,21+,22-,23-,24-/m0/s1. The van der Waals surface area contributed by atoms with E-state index in [2.05, 4.69) is 11.9 Å². The molecular formula is C24H33NO5. The second kappa shape index (κ2) is 6.50. The van der Waals surface area contributed by atoms with Gasteiger partial charge in [0.1, 0.15) is 6.10 Å². The fraction of sp³-hybridized carbons (Fsp3) is 0.750. The molecule has 5 rings (SSSR count). The van der Waals surface area contributed by atoms with Crippen molar-refractivity contribution in [1.29, 1.82) is 0 Å². The molecule has 1 aromatic heterocycles. The molecule has 4 fully saturated rings. The quantitative estimate of drug-likeness (QED) is 0.562. The molecule has 6 heteroatoms. The summed E-state index contributed by atoms with van der Waals surface area (Å²) in [4.78, 5) is 28.0. The molecule has 1 heterocycles. The number of Topliss-reactive ketones (excluding diaryl/α,β-unsaturated/α-hetero) is 1. The Hall–Kier alpha value is -1.50. The lowest BCUT2D eigenvalue weighted by atomic mass is 9.42. The SMILES string of the molecule is C[C@]12CC[C@H](O)CC1CCC1C2C(=O)[C@@H](O)[C@]2(C)[C@@H](c3ccc(=O)[nH]c3)CC[C@]12O. The molecular weight excluding hydrogens is 382 g/mol. The maximum Gasteiger partial charge on any atom is 0.247 e. The van der Waals surface area contributed by atoms with Crippen LogP contribution in [0.3, 0.4) is 0 Å². The number of carbonyl (C=O) groups is 1. The van der Waals surface area contributed by atoms with Gasteiger partial charge in [0, 0.05) is 23.6 Å². The van der Waals surface area contributed by atoms with Crippen molar-refractivity contribution in [2.24, 2.45) is 28.6 Å². The van der Waals surface area contributed by atoms with Crippen LogP contribution in [-0.2, 0) is 4.79 Å². The second-order valence-electron chi connectivity index (χ2n) is 10.9. The lowest BCUT2D eigenvalue weighted by molar-refractivity contribution is -0.230. The predicted octanol–water partition coefficient (Wildman–Crippen LogP) is 2.13. The normalized spacial score (nSPS) is 50.5. The van der Waals surface area contributed by atoms with E-state index in [4.69, 9.17) is 0 Å². The number of aromatic nitrogens is 1. The van der Waals surface area contributed by atoms with E-state index < -0.39 is 17.1 Å². The smallest absolute Gasteiger partial charge is 0.247 e. The van der Waals surface area contributed by atoms with Gasteiger partial charge >= 0.3 is 0 Å². The molecule has 0 amide bonds. The van der Waals surface area contributed by atoms with Crippen molar-refractivity contribution in [3.63, 3.8) is 0 Å². The predicted molar refractivity (Wildman–Crippen MR) is 111 cm³/mol. The van der Waals surface area contributed by atoms with E-state index in [1.807, 2.05) is 6.92 Å². The van der Waals surface area contributed by atoms with Crippen LogP contribution in [0, 0.1) is 28.6 Å². The van der Waals surface area contributed by atoms with Crippen molar-refractivity contribution in [3.8, 4) is 0 Å². The first kappa shape index (κ1) is 20.4. The number of hydrogen-bond donors (Lipinski definition) is 4. The molecule has 4 aliphatic rings. The summed E-state index contributed by atoms with van der Waals surface area (Å²) in [5.41, 5.74) is -1.73. The average Bonchev–Trinajstić information content (AvgIpc) is 3.00. The molecule has 0 bridgehead atoms. The van der Waals surface area contributed by atoms with E-state index in [0.29, 0.717) is 25.7 Å². The van der Waals surface area contributed by atoms with E-state index in [1.165, 1.54) is 6.07 Å². The van der Waals surface area contributed by atoms with E-state index in [9.17, 15) is 24.9 Å². The first-order chi connectivity index (χ1) is 14.1. The number of ketones is 1. The number of aromatic amines is 1. The number of carbonyl (C=O) groups excluding carboxylic acids is 1. The maximum atomic E-state index is 13.7. The Kier molecular flexibility index (Phi) is 4.42. The van der Waals surface area contributed by atoms with Gasteiger partial charge in [-0.25, -0.2) is 0 Å². The number of aliphatic hydroxyl groups excluding tert-OH is 2. The number of aliphatic hydroxyl groups is 3. The molecule has 1 aromatic rings. The van der Waals surface area contributed by atoms with Gasteiger partial charge < -0.3 is 20.3 Å². The Bertz CT molecular complexity index is 908. The monoisotopic (exact) mass is 415 g/mol.